The van der Waals surface area contributed by atoms with E-state index in [1.807, 2.05) is 0 Å². The maximum Gasteiger partial charge on any atom is 0.433 e. The summed E-state index contributed by atoms with van der Waals surface area (Å²) in [5.74, 6) is 5.59. The number of pyridine rings is 1. The summed E-state index contributed by atoms with van der Waals surface area (Å²) < 4.78 is 50.5. The van der Waals surface area contributed by atoms with E-state index in [-0.39, 0.29) is 18.1 Å². The molecule has 2 amide bonds. The second-order valence-corrected chi connectivity index (χ2v) is 12.5. The molecule has 0 aliphatic rings. The van der Waals surface area contributed by atoms with Gasteiger partial charge in [-0.05, 0) is 88.4 Å². The molecule has 0 spiro atoms. The van der Waals surface area contributed by atoms with Crippen LogP contribution in [-0.2, 0) is 22.1 Å². The van der Waals surface area contributed by atoms with Crippen molar-refractivity contribution in [3.05, 3.63) is 39.1 Å². The minimum Gasteiger partial charge on any atom is -0.444 e. The number of ether oxygens (including phenoxy) is 2. The number of anilines is 1. The molecule has 13 heteroatoms. The SMILES string of the molecule is CC#Cc1nc(N(C[C@@H](Cc2ccc(C(F)(F)F)nc2)NC(=O)OC(C)(C)C)C(=O)OC(C)(C)C)sc1Br. The van der Waals surface area contributed by atoms with E-state index in [4.69, 9.17) is 9.47 Å². The molecule has 2 aromatic heterocycles. The minimum atomic E-state index is -4.59. The van der Waals surface area contributed by atoms with Crippen molar-refractivity contribution >= 4 is 44.6 Å². The number of hydrogen-bond donors (Lipinski definition) is 1. The van der Waals surface area contributed by atoms with Crippen LogP contribution in [0.15, 0.2) is 22.1 Å². The van der Waals surface area contributed by atoms with Crippen molar-refractivity contribution < 1.29 is 32.2 Å². The summed E-state index contributed by atoms with van der Waals surface area (Å²) in [4.78, 5) is 35.0. The van der Waals surface area contributed by atoms with E-state index in [0.717, 1.165) is 23.6 Å². The molecule has 2 aromatic rings. The molecule has 2 rings (SSSR count). The Balaban J connectivity index is 2.45. The van der Waals surface area contributed by atoms with Crippen molar-refractivity contribution in [1.29, 1.82) is 0 Å². The molecule has 0 fully saturated rings. The van der Waals surface area contributed by atoms with E-state index in [9.17, 15) is 22.8 Å². The molecule has 8 nitrogen and oxygen atoms in total. The van der Waals surface area contributed by atoms with Gasteiger partial charge in [-0.2, -0.15) is 13.2 Å². The van der Waals surface area contributed by atoms with Gasteiger partial charge < -0.3 is 14.8 Å². The van der Waals surface area contributed by atoms with Crippen molar-refractivity contribution in [3.8, 4) is 11.8 Å². The normalized spacial score (nSPS) is 12.7. The Morgan fingerprint density at radius 2 is 1.76 bits per heavy atom. The van der Waals surface area contributed by atoms with E-state index in [1.165, 1.54) is 11.0 Å². The number of carbonyl (C=O) groups is 2. The highest BCUT2D eigenvalue weighted by molar-refractivity contribution is 9.11. The number of rotatable bonds is 6. The molecular weight excluding hydrogens is 589 g/mol. The first-order valence-electron chi connectivity index (χ1n) is 11.5. The fourth-order valence-electron chi connectivity index (χ4n) is 3.00. The van der Waals surface area contributed by atoms with Gasteiger partial charge in [0.15, 0.2) is 5.13 Å². The van der Waals surface area contributed by atoms with Crippen LogP contribution in [0.3, 0.4) is 0 Å². The van der Waals surface area contributed by atoms with Crippen molar-refractivity contribution in [2.75, 3.05) is 11.4 Å². The van der Waals surface area contributed by atoms with Crippen molar-refractivity contribution in [1.82, 2.24) is 15.3 Å². The third-order valence-electron chi connectivity index (χ3n) is 4.38. The van der Waals surface area contributed by atoms with Crippen molar-refractivity contribution in [2.45, 2.75) is 78.3 Å². The molecule has 0 saturated carbocycles. The Bertz CT molecular complexity index is 1190. The standard InChI is InChI=1S/C25H30BrF3N4O4S/c1-8-9-17-19(26)38-20(32-17)33(22(35)37-24(5,6)7)14-16(31-21(34)36-23(2,3)4)12-15-10-11-18(30-13-15)25(27,28)29/h10-11,13,16H,12,14H2,1-7H3,(H,31,34)/t16-/m1/s1. The molecule has 0 bridgehead atoms. The van der Waals surface area contributed by atoms with Crippen LogP contribution < -0.4 is 10.2 Å². The van der Waals surface area contributed by atoms with E-state index in [2.05, 4.69) is 43.1 Å². The fourth-order valence-corrected chi connectivity index (χ4v) is 4.37. The van der Waals surface area contributed by atoms with Gasteiger partial charge in [-0.25, -0.2) is 14.6 Å². The largest absolute Gasteiger partial charge is 0.444 e. The number of nitrogens with one attached hydrogen (secondary N) is 1. The molecule has 1 N–H and O–H groups in total. The van der Waals surface area contributed by atoms with Crippen molar-refractivity contribution in [2.24, 2.45) is 0 Å². The predicted octanol–water partition coefficient (Wildman–Crippen LogP) is 6.57. The quantitative estimate of drug-likeness (QED) is 0.368. The first-order valence-corrected chi connectivity index (χ1v) is 13.1. The van der Waals surface area contributed by atoms with Gasteiger partial charge in [0.2, 0.25) is 0 Å². The van der Waals surface area contributed by atoms with Gasteiger partial charge in [-0.3, -0.25) is 9.88 Å². The van der Waals surface area contributed by atoms with Gasteiger partial charge in [0.25, 0.3) is 0 Å². The van der Waals surface area contributed by atoms with E-state index in [1.54, 1.807) is 48.5 Å². The van der Waals surface area contributed by atoms with Gasteiger partial charge in [0, 0.05) is 6.20 Å². The zero-order chi connectivity index (χ0) is 28.9. The number of alkyl carbamates (subject to hydrolysis) is 1. The third-order valence-corrected chi connectivity index (χ3v) is 6.11. The lowest BCUT2D eigenvalue weighted by Gasteiger charge is -2.30. The smallest absolute Gasteiger partial charge is 0.433 e. The second-order valence-electron chi connectivity index (χ2n) is 10.2. The molecule has 0 aromatic carbocycles. The summed E-state index contributed by atoms with van der Waals surface area (Å²) in [6, 6.07) is 1.32. The van der Waals surface area contributed by atoms with Crippen LogP contribution in [0.5, 0.6) is 0 Å². The van der Waals surface area contributed by atoms with E-state index < -0.39 is 41.3 Å². The van der Waals surface area contributed by atoms with E-state index in [0.29, 0.717) is 15.0 Å². The van der Waals surface area contributed by atoms with Crippen LogP contribution in [0, 0.1) is 11.8 Å². The summed E-state index contributed by atoms with van der Waals surface area (Å²) in [5, 5.41) is 2.96. The van der Waals surface area contributed by atoms with Crippen LogP contribution >= 0.6 is 27.3 Å². The van der Waals surface area contributed by atoms with Crippen LogP contribution in [0.2, 0.25) is 0 Å². The first-order chi connectivity index (χ1) is 17.4. The van der Waals surface area contributed by atoms with Gasteiger partial charge in [-0.15, -0.1) is 0 Å². The molecule has 1 atom stereocenters. The average molecular weight is 620 g/mol. The maximum atomic E-state index is 13.2. The fraction of sp³-hybridized carbons (Fsp3) is 0.520. The third kappa shape index (κ3) is 10.1. The van der Waals surface area contributed by atoms with Gasteiger partial charge in [0.1, 0.15) is 26.4 Å². The first kappa shape index (κ1) is 31.4. The Morgan fingerprint density at radius 3 is 2.26 bits per heavy atom. The zero-order valence-electron chi connectivity index (χ0n) is 22.1. The number of carbonyl (C=O) groups excluding carboxylic acids is 2. The predicted molar refractivity (Wildman–Crippen MR) is 142 cm³/mol. The molecule has 208 valence electrons. The number of halogens is 4. The number of hydrogen-bond acceptors (Lipinski definition) is 7. The van der Waals surface area contributed by atoms with Gasteiger partial charge >= 0.3 is 18.4 Å². The van der Waals surface area contributed by atoms with Crippen LogP contribution in [0.4, 0.5) is 27.9 Å². The number of amides is 2. The summed E-state index contributed by atoms with van der Waals surface area (Å²) in [6.45, 7) is 11.7. The van der Waals surface area contributed by atoms with E-state index >= 15 is 0 Å². The second kappa shape index (κ2) is 12.3. The average Bonchev–Trinajstić information content (AvgIpc) is 3.09. The number of alkyl halides is 3. The molecule has 0 saturated heterocycles. The highest BCUT2D eigenvalue weighted by Gasteiger charge is 2.33. The molecule has 2 heterocycles. The summed E-state index contributed by atoms with van der Waals surface area (Å²) in [5.41, 5.74) is -1.85. The molecule has 38 heavy (non-hydrogen) atoms. The highest BCUT2D eigenvalue weighted by Crippen LogP contribution is 2.32. The number of aromatic nitrogens is 2. The summed E-state index contributed by atoms with van der Waals surface area (Å²) >= 11 is 4.54. The molecule has 0 radical (unpaired) electrons. The number of nitrogens with zero attached hydrogens (tertiary/aromatic N) is 3. The Labute approximate surface area is 232 Å². The Kier molecular flexibility index (Phi) is 10.2. The van der Waals surface area contributed by atoms with Crippen molar-refractivity contribution in [3.63, 3.8) is 0 Å². The lowest BCUT2D eigenvalue weighted by atomic mass is 10.1. The molecule has 0 unspecified atom stereocenters. The molecule has 0 aliphatic heterocycles. The highest BCUT2D eigenvalue weighted by atomic mass is 79.9. The topological polar surface area (TPSA) is 93.7 Å². The number of thiazole rings is 1. The Hall–Kier alpha value is -2.85. The van der Waals surface area contributed by atoms with Crippen LogP contribution in [-0.4, -0.2) is 45.9 Å². The Morgan fingerprint density at radius 1 is 1.13 bits per heavy atom. The summed E-state index contributed by atoms with van der Waals surface area (Å²) in [7, 11) is 0. The zero-order valence-corrected chi connectivity index (χ0v) is 24.5. The lowest BCUT2D eigenvalue weighted by molar-refractivity contribution is -0.141. The molecular formula is C25H30BrF3N4O4S. The van der Waals surface area contributed by atoms with Gasteiger partial charge in [-0.1, -0.05) is 23.3 Å². The molecule has 0 aliphatic carbocycles. The lowest BCUT2D eigenvalue weighted by Crippen LogP contribution is -2.49. The van der Waals surface area contributed by atoms with Gasteiger partial charge in [0.05, 0.1) is 12.6 Å². The van der Waals surface area contributed by atoms with Crippen LogP contribution in [0.25, 0.3) is 0 Å². The minimum absolute atomic E-state index is 0.0395. The van der Waals surface area contributed by atoms with Crippen LogP contribution in [0.1, 0.15) is 65.4 Å². The summed E-state index contributed by atoms with van der Waals surface area (Å²) in [6.07, 6.45) is -4.95. The maximum absolute atomic E-state index is 13.2. The monoisotopic (exact) mass is 618 g/mol.